The predicted octanol–water partition coefficient (Wildman–Crippen LogP) is 2.14. The number of anilines is 1. The fraction of sp³-hybridized carbons (Fsp3) is 0.706. The molecule has 12 heteroatoms. The van der Waals surface area contributed by atoms with Crippen molar-refractivity contribution in [1.29, 1.82) is 0 Å². The van der Waals surface area contributed by atoms with Crippen molar-refractivity contribution in [3.8, 4) is 0 Å². The van der Waals surface area contributed by atoms with Crippen LogP contribution in [0.2, 0.25) is 5.28 Å². The third kappa shape index (κ3) is 4.34. The summed E-state index contributed by atoms with van der Waals surface area (Å²) in [5.74, 6) is 0.687. The Labute approximate surface area is 174 Å². The van der Waals surface area contributed by atoms with Crippen LogP contribution >= 0.6 is 20.0 Å². The maximum absolute atomic E-state index is 9.45. The smallest absolute Gasteiger partial charge is 0.226 e. The predicted molar refractivity (Wildman–Crippen MR) is 108 cm³/mol. The van der Waals surface area contributed by atoms with Crippen LogP contribution in [0.15, 0.2) is 6.20 Å². The van der Waals surface area contributed by atoms with Crippen LogP contribution in [-0.4, -0.2) is 65.3 Å². The van der Waals surface area contributed by atoms with Gasteiger partial charge in [-0.3, -0.25) is 0 Å². The van der Waals surface area contributed by atoms with Crippen LogP contribution in [0.4, 0.5) is 5.82 Å². The summed E-state index contributed by atoms with van der Waals surface area (Å²) in [5, 5.41) is 16.8. The largest absolute Gasteiger partial charge is 0.393 e. The highest BCUT2D eigenvalue weighted by molar-refractivity contribution is 7.46. The number of hydrogen-bond acceptors (Lipinski definition) is 9. The van der Waals surface area contributed by atoms with Gasteiger partial charge in [-0.15, -0.1) is 0 Å². The Balaban J connectivity index is 1.46. The molecule has 29 heavy (non-hydrogen) atoms. The van der Waals surface area contributed by atoms with E-state index in [1.54, 1.807) is 10.9 Å². The lowest BCUT2D eigenvalue weighted by molar-refractivity contribution is -0.0850. The van der Waals surface area contributed by atoms with Gasteiger partial charge in [-0.1, -0.05) is 0 Å². The molecule has 3 heterocycles. The quantitative estimate of drug-likeness (QED) is 0.356. The van der Waals surface area contributed by atoms with E-state index in [1.165, 1.54) is 13.3 Å². The van der Waals surface area contributed by atoms with E-state index in [-0.39, 0.29) is 24.2 Å². The summed E-state index contributed by atoms with van der Waals surface area (Å²) in [6.45, 7) is 1.11. The molecule has 2 aromatic rings. The zero-order valence-corrected chi connectivity index (χ0v) is 17.7. The van der Waals surface area contributed by atoms with Crippen molar-refractivity contribution in [3.05, 3.63) is 11.5 Å². The molecule has 3 atom stereocenters. The lowest BCUT2D eigenvalue weighted by Crippen LogP contribution is -2.34. The van der Waals surface area contributed by atoms with E-state index < -0.39 is 20.3 Å². The van der Waals surface area contributed by atoms with E-state index in [1.807, 2.05) is 0 Å². The van der Waals surface area contributed by atoms with E-state index in [0.29, 0.717) is 30.3 Å². The Bertz CT molecular complexity index is 866. The van der Waals surface area contributed by atoms with Crippen LogP contribution in [-0.2, 0) is 9.47 Å². The Morgan fingerprint density at radius 2 is 2.14 bits per heavy atom. The van der Waals surface area contributed by atoms with Crippen molar-refractivity contribution in [1.82, 2.24) is 19.7 Å². The summed E-state index contributed by atoms with van der Waals surface area (Å²) in [6, 6.07) is 0.404. The molecule has 2 aromatic heterocycles. The van der Waals surface area contributed by atoms with Crippen molar-refractivity contribution < 1.29 is 24.4 Å². The summed E-state index contributed by atoms with van der Waals surface area (Å²) in [4.78, 5) is 27.6. The van der Waals surface area contributed by atoms with Gasteiger partial charge in [0.05, 0.1) is 30.9 Å². The van der Waals surface area contributed by atoms with Gasteiger partial charge >= 0.3 is 0 Å². The van der Waals surface area contributed by atoms with Crippen LogP contribution in [0.3, 0.4) is 0 Å². The standard InChI is InChI=1S/C17H25ClN5O5P/c1-17(9-24,29(25)26)27-8-11-5-6-13(28-11)23-15-12(7-19-23)14(21-16(18)22-15)20-10-3-2-4-10/h7,10-11,13,24-26H,2-6,8-9H2,1H3,(H,20,21,22). The minimum Gasteiger partial charge on any atom is -0.393 e. The number of aliphatic hydroxyl groups excluding tert-OH is 1. The second-order valence-corrected chi connectivity index (χ2v) is 9.53. The molecule has 0 spiro atoms. The third-order valence-electron chi connectivity index (χ3n) is 5.53. The van der Waals surface area contributed by atoms with Crippen LogP contribution in [0.1, 0.15) is 45.3 Å². The van der Waals surface area contributed by atoms with Crippen molar-refractivity contribution >= 4 is 36.8 Å². The lowest BCUT2D eigenvalue weighted by atomic mass is 9.93. The fourth-order valence-corrected chi connectivity index (χ4v) is 3.88. The molecule has 0 aromatic carbocycles. The van der Waals surface area contributed by atoms with E-state index >= 15 is 0 Å². The summed E-state index contributed by atoms with van der Waals surface area (Å²) in [6.07, 6.45) is 5.95. The van der Waals surface area contributed by atoms with Crippen LogP contribution < -0.4 is 5.32 Å². The van der Waals surface area contributed by atoms with Gasteiger partial charge in [0.1, 0.15) is 5.82 Å². The first-order valence-electron chi connectivity index (χ1n) is 9.65. The normalized spacial score (nSPS) is 24.8. The Morgan fingerprint density at radius 3 is 2.79 bits per heavy atom. The highest BCUT2D eigenvalue weighted by Crippen LogP contribution is 2.43. The molecule has 1 saturated carbocycles. The molecule has 1 aliphatic heterocycles. The first-order valence-corrected chi connectivity index (χ1v) is 11.3. The molecule has 2 aliphatic rings. The zero-order valence-electron chi connectivity index (χ0n) is 16.0. The van der Waals surface area contributed by atoms with E-state index in [2.05, 4.69) is 20.4 Å². The number of halogens is 1. The second kappa shape index (κ2) is 8.55. The molecular formula is C17H25ClN5O5P. The molecule has 2 fully saturated rings. The van der Waals surface area contributed by atoms with Gasteiger partial charge in [0.15, 0.2) is 17.2 Å². The van der Waals surface area contributed by atoms with E-state index in [0.717, 1.165) is 18.2 Å². The number of aliphatic hydroxyl groups is 1. The third-order valence-corrected chi connectivity index (χ3v) is 6.81. The molecule has 0 bridgehead atoms. The van der Waals surface area contributed by atoms with Gasteiger partial charge in [-0.25, -0.2) is 4.68 Å². The first kappa shape index (κ1) is 21.1. The van der Waals surface area contributed by atoms with E-state index in [9.17, 15) is 14.9 Å². The van der Waals surface area contributed by atoms with Gasteiger partial charge in [0, 0.05) is 6.04 Å². The SMILES string of the molecule is CC(CO)(OCC1CCC(n2ncc3c(NC4CCC4)nc(Cl)nc32)O1)P(O)O. The minimum absolute atomic E-state index is 0.136. The Morgan fingerprint density at radius 1 is 1.34 bits per heavy atom. The highest BCUT2D eigenvalue weighted by Gasteiger charge is 2.36. The molecule has 4 rings (SSSR count). The minimum atomic E-state index is -2.43. The number of ether oxygens (including phenoxy) is 2. The maximum atomic E-state index is 9.45. The maximum Gasteiger partial charge on any atom is 0.226 e. The van der Waals surface area contributed by atoms with Crippen molar-refractivity contribution in [2.24, 2.45) is 0 Å². The topological polar surface area (TPSA) is 135 Å². The van der Waals surface area contributed by atoms with E-state index in [4.69, 9.17) is 21.1 Å². The molecule has 3 unspecified atom stereocenters. The number of fused-ring (bicyclic) bond motifs is 1. The Kier molecular flexibility index (Phi) is 6.22. The van der Waals surface area contributed by atoms with Gasteiger partial charge in [-0.05, 0) is 50.6 Å². The molecule has 160 valence electrons. The monoisotopic (exact) mass is 445 g/mol. The number of rotatable bonds is 8. The van der Waals surface area contributed by atoms with Crippen LogP contribution in [0.5, 0.6) is 0 Å². The highest BCUT2D eigenvalue weighted by atomic mass is 35.5. The van der Waals surface area contributed by atoms with Crippen LogP contribution in [0, 0.1) is 0 Å². The van der Waals surface area contributed by atoms with Gasteiger partial charge < -0.3 is 29.7 Å². The van der Waals surface area contributed by atoms with Crippen molar-refractivity contribution in [2.75, 3.05) is 18.5 Å². The average molecular weight is 446 g/mol. The second-order valence-electron chi connectivity index (χ2n) is 7.66. The molecule has 10 nitrogen and oxygen atoms in total. The summed E-state index contributed by atoms with van der Waals surface area (Å²) in [7, 11) is -2.43. The summed E-state index contributed by atoms with van der Waals surface area (Å²) >= 11 is 6.14. The lowest BCUT2D eigenvalue weighted by Gasteiger charge is -2.29. The molecule has 0 amide bonds. The Hall–Kier alpha value is -1.13. The van der Waals surface area contributed by atoms with Gasteiger partial charge in [0.2, 0.25) is 13.7 Å². The zero-order chi connectivity index (χ0) is 20.6. The van der Waals surface area contributed by atoms with Gasteiger partial charge in [-0.2, -0.15) is 15.1 Å². The number of nitrogens with one attached hydrogen (secondary N) is 1. The molecule has 0 radical (unpaired) electrons. The van der Waals surface area contributed by atoms with Crippen LogP contribution in [0.25, 0.3) is 11.0 Å². The molecule has 1 saturated heterocycles. The molecule has 1 aliphatic carbocycles. The summed E-state index contributed by atoms with van der Waals surface area (Å²) < 4.78 is 13.3. The van der Waals surface area contributed by atoms with Gasteiger partial charge in [0.25, 0.3) is 0 Å². The molecular weight excluding hydrogens is 421 g/mol. The van der Waals surface area contributed by atoms with Crippen molar-refractivity contribution in [2.45, 2.75) is 62.7 Å². The number of aromatic nitrogens is 4. The fourth-order valence-electron chi connectivity index (χ4n) is 3.39. The van der Waals surface area contributed by atoms with Crippen molar-refractivity contribution in [3.63, 3.8) is 0 Å². The molecule has 4 N–H and O–H groups in total. The average Bonchev–Trinajstić information content (AvgIpc) is 3.28. The number of nitrogens with zero attached hydrogens (tertiary/aromatic N) is 4. The number of hydrogen-bond donors (Lipinski definition) is 4. The first-order chi connectivity index (χ1) is 13.9. The summed E-state index contributed by atoms with van der Waals surface area (Å²) in [5.41, 5.74) is 0.604.